The highest BCUT2D eigenvalue weighted by Crippen LogP contribution is 2.21. The molecule has 3 N–H and O–H groups in total. The van der Waals surface area contributed by atoms with Crippen LogP contribution >= 0.6 is 11.3 Å². The number of hydrogen-bond donors (Lipinski definition) is 2. The van der Waals surface area contributed by atoms with Crippen molar-refractivity contribution in [3.8, 4) is 0 Å². The first-order chi connectivity index (χ1) is 8.60. The van der Waals surface area contributed by atoms with Crippen molar-refractivity contribution in [2.24, 2.45) is 5.84 Å². The van der Waals surface area contributed by atoms with E-state index in [1.54, 1.807) is 0 Å². The van der Waals surface area contributed by atoms with Crippen LogP contribution in [0.2, 0.25) is 0 Å². The summed E-state index contributed by atoms with van der Waals surface area (Å²) in [6.45, 7) is 6.80. The van der Waals surface area contributed by atoms with Gasteiger partial charge in [-0.25, -0.2) is 5.84 Å². The first-order valence-corrected chi connectivity index (χ1v) is 6.87. The molecule has 1 fully saturated rings. The molecule has 1 saturated heterocycles. The summed E-state index contributed by atoms with van der Waals surface area (Å²) in [5.41, 5.74) is 2.15. The Morgan fingerprint density at radius 1 is 1.61 bits per heavy atom. The van der Waals surface area contributed by atoms with Gasteiger partial charge in [-0.05, 0) is 26.0 Å². The number of nitrogens with zero attached hydrogens (tertiary/aromatic N) is 1. The molecule has 1 amide bonds. The predicted molar refractivity (Wildman–Crippen MR) is 71.3 cm³/mol. The summed E-state index contributed by atoms with van der Waals surface area (Å²) in [5.74, 6) is 4.89. The van der Waals surface area contributed by atoms with E-state index in [0.29, 0.717) is 10.9 Å². The van der Waals surface area contributed by atoms with Crippen molar-refractivity contribution in [1.29, 1.82) is 0 Å². The molecular formula is C12H19N3O2S. The highest BCUT2D eigenvalue weighted by Gasteiger charge is 2.23. The molecule has 0 radical (unpaired) electrons. The number of hydrazine groups is 1. The van der Waals surface area contributed by atoms with E-state index in [1.807, 2.05) is 12.1 Å². The molecule has 2 heterocycles. The van der Waals surface area contributed by atoms with E-state index in [1.165, 1.54) is 16.2 Å². The summed E-state index contributed by atoms with van der Waals surface area (Å²) >= 11 is 1.49. The van der Waals surface area contributed by atoms with Gasteiger partial charge in [-0.3, -0.25) is 15.1 Å². The normalized spacial score (nSPS) is 25.1. The third-order valence-electron chi connectivity index (χ3n) is 3.11. The van der Waals surface area contributed by atoms with Crippen LogP contribution in [-0.2, 0) is 11.3 Å². The van der Waals surface area contributed by atoms with Gasteiger partial charge in [0.15, 0.2) is 0 Å². The Hall–Kier alpha value is -0.950. The molecule has 1 aliphatic rings. The minimum Gasteiger partial charge on any atom is -0.376 e. The highest BCUT2D eigenvalue weighted by atomic mass is 32.1. The molecule has 100 valence electrons. The molecular weight excluding hydrogens is 250 g/mol. The van der Waals surface area contributed by atoms with Gasteiger partial charge in [0.05, 0.1) is 17.6 Å². The van der Waals surface area contributed by atoms with Crippen LogP contribution in [-0.4, -0.2) is 36.1 Å². The minimum atomic E-state index is -0.227. The smallest absolute Gasteiger partial charge is 0.275 e. The molecule has 5 nitrogen and oxygen atoms in total. The van der Waals surface area contributed by atoms with E-state index in [0.717, 1.165) is 19.7 Å². The monoisotopic (exact) mass is 269 g/mol. The first kappa shape index (κ1) is 13.5. The second-order valence-electron chi connectivity index (χ2n) is 4.66. The molecule has 0 spiro atoms. The molecule has 1 aromatic heterocycles. The summed E-state index contributed by atoms with van der Waals surface area (Å²) in [5, 5.41) is 0. The Labute approximate surface area is 111 Å². The van der Waals surface area contributed by atoms with Crippen molar-refractivity contribution in [3.63, 3.8) is 0 Å². The summed E-state index contributed by atoms with van der Waals surface area (Å²) in [6, 6.07) is 4.22. The number of amides is 1. The van der Waals surface area contributed by atoms with E-state index < -0.39 is 0 Å². The fraction of sp³-hybridized carbons (Fsp3) is 0.583. The molecule has 0 aromatic carbocycles. The summed E-state index contributed by atoms with van der Waals surface area (Å²) in [4.78, 5) is 15.6. The number of hydrogen-bond acceptors (Lipinski definition) is 5. The van der Waals surface area contributed by atoms with Gasteiger partial charge < -0.3 is 4.74 Å². The number of morpholine rings is 1. The van der Waals surface area contributed by atoms with Gasteiger partial charge in [-0.15, -0.1) is 11.3 Å². The molecule has 1 aromatic rings. The van der Waals surface area contributed by atoms with Gasteiger partial charge in [0.2, 0.25) is 0 Å². The Bertz CT molecular complexity index is 421. The third kappa shape index (κ3) is 3.08. The SMILES string of the molecule is CC1CN(Cc2ccc(C(=O)NN)s2)C(C)CO1. The van der Waals surface area contributed by atoms with E-state index >= 15 is 0 Å². The van der Waals surface area contributed by atoms with Gasteiger partial charge in [0.25, 0.3) is 5.91 Å². The third-order valence-corrected chi connectivity index (χ3v) is 4.18. The fourth-order valence-electron chi connectivity index (χ4n) is 2.05. The van der Waals surface area contributed by atoms with Crippen molar-refractivity contribution in [2.45, 2.75) is 32.5 Å². The van der Waals surface area contributed by atoms with Gasteiger partial charge in [0.1, 0.15) is 0 Å². The number of nitrogens with two attached hydrogens (primary N) is 1. The molecule has 2 unspecified atom stereocenters. The van der Waals surface area contributed by atoms with E-state index in [-0.39, 0.29) is 12.0 Å². The maximum Gasteiger partial charge on any atom is 0.275 e. The summed E-state index contributed by atoms with van der Waals surface area (Å²) in [7, 11) is 0. The first-order valence-electron chi connectivity index (χ1n) is 6.05. The topological polar surface area (TPSA) is 67.6 Å². The van der Waals surface area contributed by atoms with Crippen LogP contribution in [0.3, 0.4) is 0 Å². The lowest BCUT2D eigenvalue weighted by molar-refractivity contribution is -0.0523. The molecule has 0 bridgehead atoms. The van der Waals surface area contributed by atoms with E-state index in [2.05, 4.69) is 24.2 Å². The zero-order chi connectivity index (χ0) is 13.1. The average Bonchev–Trinajstić information content (AvgIpc) is 2.81. The lowest BCUT2D eigenvalue weighted by Gasteiger charge is -2.36. The Balaban J connectivity index is 2.00. The van der Waals surface area contributed by atoms with Crippen LogP contribution in [0.4, 0.5) is 0 Å². The Morgan fingerprint density at radius 3 is 3.11 bits per heavy atom. The number of thiophene rings is 1. The van der Waals surface area contributed by atoms with E-state index in [4.69, 9.17) is 10.6 Å². The standard InChI is InChI=1S/C12H19N3O2S/c1-8-7-17-9(2)5-15(8)6-10-3-4-11(18-10)12(16)14-13/h3-4,8-9H,5-7,13H2,1-2H3,(H,14,16). The zero-order valence-corrected chi connectivity index (χ0v) is 11.5. The van der Waals surface area contributed by atoms with Gasteiger partial charge in [-0.2, -0.15) is 0 Å². The lowest BCUT2D eigenvalue weighted by Crippen LogP contribution is -2.46. The number of nitrogen functional groups attached to an aromatic ring is 1. The number of nitrogens with one attached hydrogen (secondary N) is 1. The van der Waals surface area contributed by atoms with Crippen molar-refractivity contribution in [1.82, 2.24) is 10.3 Å². The predicted octanol–water partition coefficient (Wildman–Crippen LogP) is 0.961. The van der Waals surface area contributed by atoms with Crippen molar-refractivity contribution < 1.29 is 9.53 Å². The minimum absolute atomic E-state index is 0.227. The molecule has 6 heteroatoms. The van der Waals surface area contributed by atoms with Crippen molar-refractivity contribution in [3.05, 3.63) is 21.9 Å². The van der Waals surface area contributed by atoms with Crippen LogP contribution in [0.15, 0.2) is 12.1 Å². The number of carbonyl (C=O) groups is 1. The van der Waals surface area contributed by atoms with Gasteiger partial charge >= 0.3 is 0 Å². The summed E-state index contributed by atoms with van der Waals surface area (Å²) in [6.07, 6.45) is 0.271. The maximum atomic E-state index is 11.4. The Kier molecular flexibility index (Phi) is 4.34. The van der Waals surface area contributed by atoms with Crippen LogP contribution in [0.1, 0.15) is 28.4 Å². The second kappa shape index (κ2) is 5.79. The number of carbonyl (C=O) groups excluding carboxylic acids is 1. The van der Waals surface area contributed by atoms with E-state index in [9.17, 15) is 4.79 Å². The molecule has 2 rings (SSSR count). The van der Waals surface area contributed by atoms with Crippen LogP contribution in [0, 0.1) is 0 Å². The zero-order valence-electron chi connectivity index (χ0n) is 10.7. The number of ether oxygens (including phenoxy) is 1. The molecule has 0 aliphatic carbocycles. The number of rotatable bonds is 3. The molecule has 2 atom stereocenters. The summed E-state index contributed by atoms with van der Waals surface area (Å²) < 4.78 is 5.60. The van der Waals surface area contributed by atoms with Crippen LogP contribution < -0.4 is 11.3 Å². The maximum absolute atomic E-state index is 11.4. The van der Waals surface area contributed by atoms with Gasteiger partial charge in [0, 0.05) is 24.0 Å². The highest BCUT2D eigenvalue weighted by molar-refractivity contribution is 7.14. The molecule has 1 aliphatic heterocycles. The fourth-order valence-corrected chi connectivity index (χ4v) is 2.99. The van der Waals surface area contributed by atoms with Crippen molar-refractivity contribution in [2.75, 3.05) is 13.2 Å². The average molecular weight is 269 g/mol. The Morgan fingerprint density at radius 2 is 2.39 bits per heavy atom. The quantitative estimate of drug-likeness (QED) is 0.487. The van der Waals surface area contributed by atoms with Crippen LogP contribution in [0.25, 0.3) is 0 Å². The molecule has 18 heavy (non-hydrogen) atoms. The van der Waals surface area contributed by atoms with Crippen molar-refractivity contribution >= 4 is 17.2 Å². The largest absolute Gasteiger partial charge is 0.376 e. The lowest BCUT2D eigenvalue weighted by atomic mass is 10.2. The van der Waals surface area contributed by atoms with Gasteiger partial charge in [-0.1, -0.05) is 0 Å². The molecule has 0 saturated carbocycles. The second-order valence-corrected chi connectivity index (χ2v) is 5.83. The van der Waals surface area contributed by atoms with Crippen LogP contribution in [0.5, 0.6) is 0 Å².